The zero-order valence-electron chi connectivity index (χ0n) is 10.4. The van der Waals surface area contributed by atoms with E-state index in [-0.39, 0.29) is 11.7 Å². The van der Waals surface area contributed by atoms with Crippen molar-refractivity contribution in [1.29, 1.82) is 0 Å². The van der Waals surface area contributed by atoms with Crippen molar-refractivity contribution < 1.29 is 9.72 Å². The lowest BCUT2D eigenvalue weighted by Gasteiger charge is -2.07. The Morgan fingerprint density at radius 3 is 2.53 bits per heavy atom. The number of rotatable bonds is 6. The van der Waals surface area contributed by atoms with E-state index in [1.165, 1.54) is 37.1 Å². The highest BCUT2D eigenvalue weighted by molar-refractivity contribution is 5.89. The van der Waals surface area contributed by atoms with Crippen molar-refractivity contribution in [3.8, 4) is 0 Å². The first kappa shape index (κ1) is 13.3. The second kappa shape index (κ2) is 6.14. The number of non-ortho nitro benzene ring substituents is 1. The highest BCUT2D eigenvalue weighted by Crippen LogP contribution is 2.17. The van der Waals surface area contributed by atoms with Gasteiger partial charge in [0.25, 0.3) is 5.69 Å². The third kappa shape index (κ3) is 4.55. The van der Waals surface area contributed by atoms with Crippen molar-refractivity contribution in [1.82, 2.24) is 10.6 Å². The van der Waals surface area contributed by atoms with Crippen molar-refractivity contribution >= 4 is 17.4 Å². The van der Waals surface area contributed by atoms with Gasteiger partial charge in [-0.15, -0.1) is 0 Å². The van der Waals surface area contributed by atoms with Gasteiger partial charge in [-0.25, -0.2) is 4.79 Å². The quantitative estimate of drug-likeness (QED) is 0.412. The van der Waals surface area contributed by atoms with Crippen molar-refractivity contribution in [3.63, 3.8) is 0 Å². The summed E-state index contributed by atoms with van der Waals surface area (Å²) in [4.78, 5) is 21.5. The van der Waals surface area contributed by atoms with Gasteiger partial charge >= 0.3 is 6.03 Å². The van der Waals surface area contributed by atoms with Crippen LogP contribution in [0.1, 0.15) is 12.8 Å². The second-order valence-electron chi connectivity index (χ2n) is 4.41. The smallest absolute Gasteiger partial charge is 0.319 e. The lowest BCUT2D eigenvalue weighted by molar-refractivity contribution is -0.384. The third-order valence-corrected chi connectivity index (χ3v) is 2.76. The van der Waals surface area contributed by atoms with Crippen LogP contribution < -0.4 is 16.0 Å². The standard InChI is InChI=1S/C12H16N4O3/c17-12(14-8-7-13-9-1-2-9)15-10-3-5-11(6-4-10)16(18)19/h3-6,9,13H,1-2,7-8H2,(H2,14,15,17). The summed E-state index contributed by atoms with van der Waals surface area (Å²) in [5.41, 5.74) is 0.526. The monoisotopic (exact) mass is 264 g/mol. The summed E-state index contributed by atoms with van der Waals surface area (Å²) in [5, 5.41) is 19.1. The first-order chi connectivity index (χ1) is 9.15. The number of carbonyl (C=O) groups is 1. The molecule has 0 unspecified atom stereocenters. The van der Waals surface area contributed by atoms with E-state index in [0.717, 1.165) is 6.54 Å². The summed E-state index contributed by atoms with van der Waals surface area (Å²) in [6.07, 6.45) is 2.43. The first-order valence-corrected chi connectivity index (χ1v) is 6.18. The Labute approximate surface area is 110 Å². The zero-order chi connectivity index (χ0) is 13.7. The molecule has 2 rings (SSSR count). The van der Waals surface area contributed by atoms with Gasteiger partial charge in [0.2, 0.25) is 0 Å². The van der Waals surface area contributed by atoms with Gasteiger partial charge in [-0.1, -0.05) is 0 Å². The summed E-state index contributed by atoms with van der Waals surface area (Å²) >= 11 is 0. The normalized spacial score (nSPS) is 13.9. The largest absolute Gasteiger partial charge is 0.337 e. The van der Waals surface area contributed by atoms with E-state index in [0.29, 0.717) is 18.3 Å². The van der Waals surface area contributed by atoms with Gasteiger partial charge in [0.05, 0.1) is 4.92 Å². The molecule has 0 heterocycles. The Morgan fingerprint density at radius 1 is 1.26 bits per heavy atom. The number of nitro groups is 1. The zero-order valence-corrected chi connectivity index (χ0v) is 10.4. The molecule has 0 aliphatic heterocycles. The Kier molecular flexibility index (Phi) is 4.30. The Hall–Kier alpha value is -2.15. The minimum Gasteiger partial charge on any atom is -0.337 e. The fourth-order valence-corrected chi connectivity index (χ4v) is 1.58. The molecular weight excluding hydrogens is 248 g/mol. The van der Waals surface area contributed by atoms with E-state index in [1.54, 1.807) is 0 Å². The van der Waals surface area contributed by atoms with Crippen LogP contribution >= 0.6 is 0 Å². The van der Waals surface area contributed by atoms with Crippen LogP contribution in [0, 0.1) is 10.1 Å². The first-order valence-electron chi connectivity index (χ1n) is 6.18. The van der Waals surface area contributed by atoms with Crippen LogP contribution in [0.3, 0.4) is 0 Å². The number of nitrogens with zero attached hydrogens (tertiary/aromatic N) is 1. The van der Waals surface area contributed by atoms with Crippen LogP contribution in [0.25, 0.3) is 0 Å². The molecule has 7 nitrogen and oxygen atoms in total. The van der Waals surface area contributed by atoms with E-state index < -0.39 is 4.92 Å². The average molecular weight is 264 g/mol. The number of hydrogen-bond donors (Lipinski definition) is 3. The van der Waals surface area contributed by atoms with Crippen molar-refractivity contribution in [2.45, 2.75) is 18.9 Å². The number of carbonyl (C=O) groups excluding carboxylic acids is 1. The maximum atomic E-state index is 11.5. The van der Waals surface area contributed by atoms with Crippen LogP contribution in [-0.2, 0) is 0 Å². The minimum absolute atomic E-state index is 0.000378. The second-order valence-corrected chi connectivity index (χ2v) is 4.41. The number of benzene rings is 1. The summed E-state index contributed by atoms with van der Waals surface area (Å²) in [7, 11) is 0. The van der Waals surface area contributed by atoms with Crippen molar-refractivity contribution in [2.24, 2.45) is 0 Å². The van der Waals surface area contributed by atoms with E-state index in [1.807, 2.05) is 0 Å². The molecule has 3 N–H and O–H groups in total. The third-order valence-electron chi connectivity index (χ3n) is 2.76. The van der Waals surface area contributed by atoms with Gasteiger partial charge in [0, 0.05) is 37.0 Å². The summed E-state index contributed by atoms with van der Waals surface area (Å²) < 4.78 is 0. The van der Waals surface area contributed by atoms with Gasteiger partial charge in [-0.05, 0) is 25.0 Å². The van der Waals surface area contributed by atoms with Crippen LogP contribution in [0.15, 0.2) is 24.3 Å². The van der Waals surface area contributed by atoms with E-state index in [9.17, 15) is 14.9 Å². The van der Waals surface area contributed by atoms with Gasteiger partial charge in [0.15, 0.2) is 0 Å². The van der Waals surface area contributed by atoms with Gasteiger partial charge in [0.1, 0.15) is 0 Å². The molecule has 0 atom stereocenters. The minimum atomic E-state index is -0.479. The number of anilines is 1. The molecule has 1 aliphatic rings. The predicted molar refractivity (Wildman–Crippen MR) is 71.1 cm³/mol. The maximum absolute atomic E-state index is 11.5. The summed E-state index contributed by atoms with van der Waals surface area (Å²) in [6, 6.07) is 6.01. The maximum Gasteiger partial charge on any atom is 0.319 e. The van der Waals surface area contributed by atoms with Gasteiger partial charge in [-0.3, -0.25) is 10.1 Å². The lowest BCUT2D eigenvalue weighted by Crippen LogP contribution is -2.35. The van der Waals surface area contributed by atoms with Crippen molar-refractivity contribution in [3.05, 3.63) is 34.4 Å². The van der Waals surface area contributed by atoms with E-state index in [4.69, 9.17) is 0 Å². The molecule has 0 bridgehead atoms. The van der Waals surface area contributed by atoms with Crippen LogP contribution in [-0.4, -0.2) is 30.1 Å². The fourth-order valence-electron chi connectivity index (χ4n) is 1.58. The predicted octanol–water partition coefficient (Wildman–Crippen LogP) is 1.47. The molecular formula is C12H16N4O3. The number of amides is 2. The molecule has 0 spiro atoms. The molecule has 1 saturated carbocycles. The topological polar surface area (TPSA) is 96.3 Å². The molecule has 1 aromatic rings. The van der Waals surface area contributed by atoms with Crippen LogP contribution in [0.2, 0.25) is 0 Å². The molecule has 1 aliphatic carbocycles. The number of hydrogen-bond acceptors (Lipinski definition) is 4. The molecule has 0 saturated heterocycles. The Balaban J connectivity index is 1.69. The van der Waals surface area contributed by atoms with E-state index >= 15 is 0 Å². The lowest BCUT2D eigenvalue weighted by atomic mass is 10.3. The number of nitrogens with one attached hydrogen (secondary N) is 3. The molecule has 2 amide bonds. The highest BCUT2D eigenvalue weighted by Gasteiger charge is 2.19. The summed E-state index contributed by atoms with van der Waals surface area (Å²) in [5.74, 6) is 0. The van der Waals surface area contributed by atoms with E-state index in [2.05, 4.69) is 16.0 Å². The Bertz CT molecular complexity index is 457. The van der Waals surface area contributed by atoms with Gasteiger partial charge in [-0.2, -0.15) is 0 Å². The molecule has 1 fully saturated rings. The number of urea groups is 1. The summed E-state index contributed by atoms with van der Waals surface area (Å²) in [6.45, 7) is 1.30. The molecule has 1 aromatic carbocycles. The molecule has 102 valence electrons. The van der Waals surface area contributed by atoms with Gasteiger partial charge < -0.3 is 16.0 Å². The SMILES string of the molecule is O=C(NCCNC1CC1)Nc1ccc([N+](=O)[O-])cc1. The Morgan fingerprint density at radius 2 is 1.95 bits per heavy atom. The molecule has 0 radical (unpaired) electrons. The number of nitro benzene ring substituents is 1. The van der Waals surface area contributed by atoms with Crippen molar-refractivity contribution in [2.75, 3.05) is 18.4 Å². The van der Waals surface area contributed by atoms with Crippen LogP contribution in [0.4, 0.5) is 16.2 Å². The molecule has 0 aromatic heterocycles. The fraction of sp³-hybridized carbons (Fsp3) is 0.417. The molecule has 7 heteroatoms. The van der Waals surface area contributed by atoms with Crippen LogP contribution in [0.5, 0.6) is 0 Å². The highest BCUT2D eigenvalue weighted by atomic mass is 16.6. The average Bonchev–Trinajstić information content (AvgIpc) is 3.19. The molecule has 19 heavy (non-hydrogen) atoms.